The molecule has 0 aromatic heterocycles. The highest BCUT2D eigenvalue weighted by molar-refractivity contribution is 5.68. The number of rotatable bonds is 2. The number of hydrogen-bond donors (Lipinski definition) is 0. The molecule has 0 amide bonds. The molecule has 17 heavy (non-hydrogen) atoms. The van der Waals surface area contributed by atoms with E-state index >= 15 is 0 Å². The highest BCUT2D eigenvalue weighted by Gasteiger charge is 2.10. The van der Waals surface area contributed by atoms with Crippen LogP contribution in [0.4, 0.5) is 8.78 Å². The molecule has 2 rings (SSSR count). The second-order valence-electron chi connectivity index (χ2n) is 4.09. The summed E-state index contributed by atoms with van der Waals surface area (Å²) in [6, 6.07) is 9.75. The van der Waals surface area contributed by atoms with Crippen LogP contribution in [0.25, 0.3) is 11.1 Å². The van der Waals surface area contributed by atoms with Crippen LogP contribution in [0, 0.1) is 18.6 Å². The lowest BCUT2D eigenvalue weighted by molar-refractivity contribution is 0.614. The normalized spacial score (nSPS) is 10.6. The highest BCUT2D eigenvalue weighted by atomic mass is 19.1. The van der Waals surface area contributed by atoms with Crippen molar-refractivity contribution in [3.63, 3.8) is 0 Å². The van der Waals surface area contributed by atoms with Gasteiger partial charge in [0.15, 0.2) is 0 Å². The van der Waals surface area contributed by atoms with Gasteiger partial charge in [-0.15, -0.1) is 0 Å². The Morgan fingerprint density at radius 3 is 2.41 bits per heavy atom. The second-order valence-corrected chi connectivity index (χ2v) is 4.09. The summed E-state index contributed by atoms with van der Waals surface area (Å²) in [5.74, 6) is -0.497. The molecule has 0 aliphatic heterocycles. The lowest BCUT2D eigenvalue weighted by Crippen LogP contribution is -1.93. The number of halogens is 2. The Bertz CT molecular complexity index is 545. The maximum absolute atomic E-state index is 14.1. The SMILES string of the molecule is CCc1cccc(-c2ccc(F)cc2C)c1F. The fourth-order valence-corrected chi connectivity index (χ4v) is 1.99. The zero-order chi connectivity index (χ0) is 12.4. The van der Waals surface area contributed by atoms with Crippen molar-refractivity contribution in [1.82, 2.24) is 0 Å². The molecule has 0 fully saturated rings. The fraction of sp³-hybridized carbons (Fsp3) is 0.200. The zero-order valence-corrected chi connectivity index (χ0v) is 9.93. The monoisotopic (exact) mass is 232 g/mol. The number of aryl methyl sites for hydroxylation is 2. The zero-order valence-electron chi connectivity index (χ0n) is 9.93. The average molecular weight is 232 g/mol. The van der Waals surface area contributed by atoms with E-state index in [4.69, 9.17) is 0 Å². The predicted octanol–water partition coefficient (Wildman–Crippen LogP) is 4.50. The summed E-state index contributed by atoms with van der Waals surface area (Å²) in [7, 11) is 0. The van der Waals surface area contributed by atoms with E-state index in [1.54, 1.807) is 25.1 Å². The highest BCUT2D eigenvalue weighted by Crippen LogP contribution is 2.28. The average Bonchev–Trinajstić information content (AvgIpc) is 2.30. The molecule has 0 nitrogen and oxygen atoms in total. The molecule has 0 unspecified atom stereocenters. The largest absolute Gasteiger partial charge is 0.207 e. The Morgan fingerprint density at radius 2 is 1.76 bits per heavy atom. The minimum absolute atomic E-state index is 0.204. The third-order valence-electron chi connectivity index (χ3n) is 2.94. The van der Waals surface area contributed by atoms with Crippen LogP contribution in [0.2, 0.25) is 0 Å². The minimum atomic E-state index is -0.293. The van der Waals surface area contributed by atoms with Crippen molar-refractivity contribution in [3.05, 3.63) is 59.2 Å². The van der Waals surface area contributed by atoms with E-state index in [1.807, 2.05) is 13.0 Å². The van der Waals surface area contributed by atoms with Crippen LogP contribution in [-0.4, -0.2) is 0 Å². The predicted molar refractivity (Wildman–Crippen MR) is 65.9 cm³/mol. The van der Waals surface area contributed by atoms with E-state index in [9.17, 15) is 8.78 Å². The summed E-state index contributed by atoms with van der Waals surface area (Å²) < 4.78 is 27.2. The quantitative estimate of drug-likeness (QED) is 0.715. The molecule has 88 valence electrons. The third kappa shape index (κ3) is 2.21. The molecule has 0 aliphatic rings. The first-order valence-electron chi connectivity index (χ1n) is 5.67. The number of hydrogen-bond acceptors (Lipinski definition) is 0. The first kappa shape index (κ1) is 11.8. The summed E-state index contributed by atoms with van der Waals surface area (Å²) in [4.78, 5) is 0. The second kappa shape index (κ2) is 4.66. The molecular formula is C15H14F2. The Morgan fingerprint density at radius 1 is 1.00 bits per heavy atom. The molecule has 0 radical (unpaired) electrons. The van der Waals surface area contributed by atoms with Gasteiger partial charge in [0.05, 0.1) is 0 Å². The van der Waals surface area contributed by atoms with Crippen molar-refractivity contribution in [1.29, 1.82) is 0 Å². The van der Waals surface area contributed by atoms with Gasteiger partial charge in [0.25, 0.3) is 0 Å². The van der Waals surface area contributed by atoms with E-state index in [0.29, 0.717) is 17.5 Å². The van der Waals surface area contributed by atoms with Gasteiger partial charge in [-0.25, -0.2) is 8.78 Å². The topological polar surface area (TPSA) is 0 Å². The van der Waals surface area contributed by atoms with Crippen molar-refractivity contribution in [2.45, 2.75) is 20.3 Å². The molecule has 2 aromatic carbocycles. The van der Waals surface area contributed by atoms with Crippen LogP contribution < -0.4 is 0 Å². The third-order valence-corrected chi connectivity index (χ3v) is 2.94. The van der Waals surface area contributed by atoms with Crippen LogP contribution in [0.15, 0.2) is 36.4 Å². The van der Waals surface area contributed by atoms with Gasteiger partial charge in [0.2, 0.25) is 0 Å². The van der Waals surface area contributed by atoms with Crippen LogP contribution in [-0.2, 0) is 6.42 Å². The standard InChI is InChI=1S/C15H14F2/c1-3-11-5-4-6-14(15(11)17)13-8-7-12(16)9-10(13)2/h4-9H,3H2,1-2H3. The molecule has 0 spiro atoms. The van der Waals surface area contributed by atoms with Crippen LogP contribution in [0.3, 0.4) is 0 Å². The van der Waals surface area contributed by atoms with Gasteiger partial charge in [-0.2, -0.15) is 0 Å². The van der Waals surface area contributed by atoms with E-state index in [2.05, 4.69) is 0 Å². The van der Waals surface area contributed by atoms with Gasteiger partial charge in [0.1, 0.15) is 11.6 Å². The number of benzene rings is 2. The molecule has 0 N–H and O–H groups in total. The van der Waals surface area contributed by atoms with Gasteiger partial charge >= 0.3 is 0 Å². The van der Waals surface area contributed by atoms with Crippen molar-refractivity contribution in [3.8, 4) is 11.1 Å². The minimum Gasteiger partial charge on any atom is -0.207 e. The van der Waals surface area contributed by atoms with Gasteiger partial charge in [-0.05, 0) is 42.2 Å². The molecule has 2 heteroatoms. The van der Waals surface area contributed by atoms with E-state index < -0.39 is 0 Å². The Kier molecular flexibility index (Phi) is 3.23. The van der Waals surface area contributed by atoms with Crippen LogP contribution in [0.1, 0.15) is 18.1 Å². The smallest absolute Gasteiger partial charge is 0.134 e. The van der Waals surface area contributed by atoms with E-state index in [0.717, 1.165) is 11.1 Å². The lowest BCUT2D eigenvalue weighted by atomic mass is 9.97. The molecule has 2 aromatic rings. The van der Waals surface area contributed by atoms with Gasteiger partial charge in [-0.3, -0.25) is 0 Å². The first-order chi connectivity index (χ1) is 8.13. The summed E-state index contributed by atoms with van der Waals surface area (Å²) in [6.45, 7) is 3.70. The van der Waals surface area contributed by atoms with Crippen molar-refractivity contribution in [2.24, 2.45) is 0 Å². The molecule has 0 saturated heterocycles. The summed E-state index contributed by atoms with van der Waals surface area (Å²) in [5.41, 5.74) is 2.73. The first-order valence-corrected chi connectivity index (χ1v) is 5.67. The van der Waals surface area contributed by atoms with Crippen molar-refractivity contribution >= 4 is 0 Å². The van der Waals surface area contributed by atoms with Gasteiger partial charge in [0, 0.05) is 5.56 Å². The van der Waals surface area contributed by atoms with Crippen LogP contribution in [0.5, 0.6) is 0 Å². The molecular weight excluding hydrogens is 218 g/mol. The molecule has 0 saturated carbocycles. The maximum Gasteiger partial charge on any atom is 0.134 e. The molecule has 0 heterocycles. The van der Waals surface area contributed by atoms with Crippen molar-refractivity contribution < 1.29 is 8.78 Å². The summed E-state index contributed by atoms with van der Waals surface area (Å²) in [6.07, 6.45) is 0.653. The van der Waals surface area contributed by atoms with E-state index in [-0.39, 0.29) is 11.6 Å². The Hall–Kier alpha value is -1.70. The Balaban J connectivity index is 2.60. The van der Waals surface area contributed by atoms with Crippen LogP contribution >= 0.6 is 0 Å². The van der Waals surface area contributed by atoms with E-state index in [1.165, 1.54) is 12.1 Å². The lowest BCUT2D eigenvalue weighted by Gasteiger charge is -2.09. The summed E-state index contributed by atoms with van der Waals surface area (Å²) in [5, 5.41) is 0. The molecule has 0 bridgehead atoms. The van der Waals surface area contributed by atoms with Gasteiger partial charge in [-0.1, -0.05) is 31.2 Å². The van der Waals surface area contributed by atoms with Crippen molar-refractivity contribution in [2.75, 3.05) is 0 Å². The Labute approximate surface area is 99.9 Å². The summed E-state index contributed by atoms with van der Waals surface area (Å²) >= 11 is 0. The molecule has 0 aliphatic carbocycles. The van der Waals surface area contributed by atoms with Gasteiger partial charge < -0.3 is 0 Å². The fourth-order valence-electron chi connectivity index (χ4n) is 1.99. The maximum atomic E-state index is 14.1. The molecule has 0 atom stereocenters.